The molecule has 0 unspecified atom stereocenters. The molecule has 2 heterocycles. The number of hydrogen-bond donors (Lipinski definition) is 2. The first-order valence-electron chi connectivity index (χ1n) is 8.05. The standard InChI is InChI=1S/C19H19FN2S/c20-14-5-6-17-16(11-14)19(12-22-17)23-18-4-2-1-3-15(18)13-7-9-21-10-8-13/h1-6,11-13,21-22H,7-10H2. The van der Waals surface area contributed by atoms with Gasteiger partial charge in [0.25, 0.3) is 0 Å². The number of rotatable bonds is 3. The van der Waals surface area contributed by atoms with Gasteiger partial charge >= 0.3 is 0 Å². The van der Waals surface area contributed by atoms with E-state index in [0.29, 0.717) is 5.92 Å². The summed E-state index contributed by atoms with van der Waals surface area (Å²) in [6, 6.07) is 13.5. The van der Waals surface area contributed by atoms with E-state index in [1.165, 1.54) is 29.4 Å². The number of halogens is 1. The van der Waals surface area contributed by atoms with Gasteiger partial charge in [0.2, 0.25) is 0 Å². The van der Waals surface area contributed by atoms with Crippen molar-refractivity contribution in [2.24, 2.45) is 0 Å². The van der Waals surface area contributed by atoms with Crippen molar-refractivity contribution in [3.8, 4) is 0 Å². The Labute approximate surface area is 139 Å². The molecule has 2 nitrogen and oxygen atoms in total. The maximum Gasteiger partial charge on any atom is 0.123 e. The Morgan fingerprint density at radius 1 is 1.00 bits per heavy atom. The molecule has 0 saturated carbocycles. The van der Waals surface area contributed by atoms with E-state index < -0.39 is 0 Å². The van der Waals surface area contributed by atoms with Gasteiger partial charge in [0.1, 0.15) is 5.82 Å². The van der Waals surface area contributed by atoms with Gasteiger partial charge in [0.15, 0.2) is 0 Å². The second-order valence-electron chi connectivity index (χ2n) is 6.01. The molecule has 4 rings (SSSR count). The number of fused-ring (bicyclic) bond motifs is 1. The molecular weight excluding hydrogens is 307 g/mol. The molecule has 23 heavy (non-hydrogen) atoms. The van der Waals surface area contributed by atoms with Crippen LogP contribution in [0.2, 0.25) is 0 Å². The van der Waals surface area contributed by atoms with Gasteiger partial charge in [-0.25, -0.2) is 4.39 Å². The third-order valence-electron chi connectivity index (χ3n) is 4.52. The summed E-state index contributed by atoms with van der Waals surface area (Å²) in [5, 5.41) is 4.38. The molecule has 1 aliphatic rings. The normalized spacial score (nSPS) is 16.0. The first kappa shape index (κ1) is 14.8. The van der Waals surface area contributed by atoms with Crippen molar-refractivity contribution in [2.75, 3.05) is 13.1 Å². The minimum Gasteiger partial charge on any atom is -0.360 e. The average molecular weight is 326 g/mol. The molecule has 0 spiro atoms. The molecule has 0 aliphatic carbocycles. The predicted octanol–water partition coefficient (Wildman–Crippen LogP) is 4.93. The number of hydrogen-bond acceptors (Lipinski definition) is 2. The van der Waals surface area contributed by atoms with Crippen LogP contribution < -0.4 is 5.32 Å². The highest BCUT2D eigenvalue weighted by Gasteiger charge is 2.19. The molecule has 2 aromatic carbocycles. The van der Waals surface area contributed by atoms with Crippen molar-refractivity contribution >= 4 is 22.7 Å². The molecule has 0 atom stereocenters. The number of aromatic nitrogens is 1. The highest BCUT2D eigenvalue weighted by atomic mass is 32.2. The van der Waals surface area contributed by atoms with Crippen LogP contribution in [0.25, 0.3) is 10.9 Å². The van der Waals surface area contributed by atoms with Gasteiger partial charge in [-0.15, -0.1) is 0 Å². The highest BCUT2D eigenvalue weighted by molar-refractivity contribution is 7.99. The topological polar surface area (TPSA) is 27.8 Å². The molecule has 1 saturated heterocycles. The van der Waals surface area contributed by atoms with Crippen LogP contribution in [-0.2, 0) is 0 Å². The smallest absolute Gasteiger partial charge is 0.123 e. The van der Waals surface area contributed by atoms with Gasteiger partial charge in [0.05, 0.1) is 0 Å². The van der Waals surface area contributed by atoms with E-state index in [9.17, 15) is 4.39 Å². The first-order valence-corrected chi connectivity index (χ1v) is 8.87. The molecule has 1 aliphatic heterocycles. The van der Waals surface area contributed by atoms with Gasteiger partial charge in [-0.1, -0.05) is 30.0 Å². The van der Waals surface area contributed by atoms with E-state index >= 15 is 0 Å². The zero-order valence-corrected chi connectivity index (χ0v) is 13.6. The van der Waals surface area contributed by atoms with Gasteiger partial charge in [0, 0.05) is 26.9 Å². The summed E-state index contributed by atoms with van der Waals surface area (Å²) in [4.78, 5) is 5.60. The SMILES string of the molecule is Fc1ccc2[nH]cc(Sc3ccccc3C3CCNCC3)c2c1. The second-order valence-corrected chi connectivity index (χ2v) is 7.09. The van der Waals surface area contributed by atoms with Crippen molar-refractivity contribution in [3.05, 3.63) is 60.0 Å². The van der Waals surface area contributed by atoms with E-state index in [0.717, 1.165) is 28.9 Å². The minimum atomic E-state index is -0.189. The Hall–Kier alpha value is -1.78. The molecule has 1 aromatic heterocycles. The molecule has 1 fully saturated rings. The van der Waals surface area contributed by atoms with Gasteiger partial charge in [-0.3, -0.25) is 0 Å². The summed E-state index contributed by atoms with van der Waals surface area (Å²) in [6.07, 6.45) is 4.34. The predicted molar refractivity (Wildman–Crippen MR) is 93.7 cm³/mol. The third-order valence-corrected chi connectivity index (χ3v) is 5.67. The Morgan fingerprint density at radius 2 is 1.83 bits per heavy atom. The summed E-state index contributed by atoms with van der Waals surface area (Å²) in [5.41, 5.74) is 2.40. The molecule has 4 heteroatoms. The lowest BCUT2D eigenvalue weighted by molar-refractivity contribution is 0.456. The van der Waals surface area contributed by atoms with Crippen molar-refractivity contribution in [3.63, 3.8) is 0 Å². The number of aromatic amines is 1. The van der Waals surface area contributed by atoms with Crippen LogP contribution in [0, 0.1) is 5.82 Å². The molecule has 0 bridgehead atoms. The van der Waals surface area contributed by atoms with E-state index in [4.69, 9.17) is 0 Å². The second kappa shape index (κ2) is 6.38. The fraction of sp³-hybridized carbons (Fsp3) is 0.263. The van der Waals surface area contributed by atoms with Gasteiger partial charge in [-0.2, -0.15) is 0 Å². The van der Waals surface area contributed by atoms with Crippen molar-refractivity contribution in [1.82, 2.24) is 10.3 Å². The number of H-pyrrole nitrogens is 1. The highest BCUT2D eigenvalue weighted by Crippen LogP contribution is 2.39. The number of benzene rings is 2. The fourth-order valence-electron chi connectivity index (χ4n) is 3.31. The van der Waals surface area contributed by atoms with Crippen molar-refractivity contribution in [1.29, 1.82) is 0 Å². The molecular formula is C19H19FN2S. The molecule has 2 N–H and O–H groups in total. The van der Waals surface area contributed by atoms with Gasteiger partial charge in [-0.05, 0) is 61.7 Å². The molecule has 118 valence electrons. The Kier molecular flexibility index (Phi) is 4.10. The average Bonchev–Trinajstić information content (AvgIpc) is 2.98. The lowest BCUT2D eigenvalue weighted by atomic mass is 9.90. The summed E-state index contributed by atoms with van der Waals surface area (Å²) < 4.78 is 13.6. The van der Waals surface area contributed by atoms with Crippen LogP contribution >= 0.6 is 11.8 Å². The van der Waals surface area contributed by atoms with E-state index in [1.54, 1.807) is 23.9 Å². The van der Waals surface area contributed by atoms with Crippen molar-refractivity contribution in [2.45, 2.75) is 28.6 Å². The Morgan fingerprint density at radius 3 is 2.70 bits per heavy atom. The zero-order valence-electron chi connectivity index (χ0n) is 12.8. The van der Waals surface area contributed by atoms with Crippen molar-refractivity contribution < 1.29 is 4.39 Å². The number of piperidine rings is 1. The molecule has 0 radical (unpaired) electrons. The minimum absolute atomic E-state index is 0.189. The maximum absolute atomic E-state index is 13.6. The Bertz CT molecular complexity index is 821. The van der Waals surface area contributed by atoms with E-state index in [2.05, 4.69) is 34.6 Å². The van der Waals surface area contributed by atoms with E-state index in [1.807, 2.05) is 6.20 Å². The zero-order chi connectivity index (χ0) is 15.6. The molecule has 0 amide bonds. The quantitative estimate of drug-likeness (QED) is 0.714. The summed E-state index contributed by atoms with van der Waals surface area (Å²) >= 11 is 1.73. The van der Waals surface area contributed by atoms with E-state index in [-0.39, 0.29) is 5.82 Å². The lowest BCUT2D eigenvalue weighted by Crippen LogP contribution is -2.26. The van der Waals surface area contributed by atoms with Gasteiger partial charge < -0.3 is 10.3 Å². The molecule has 3 aromatic rings. The summed E-state index contributed by atoms with van der Waals surface area (Å²) in [5.74, 6) is 0.424. The first-order chi connectivity index (χ1) is 11.3. The van der Waals surface area contributed by atoms with Crippen LogP contribution in [0.1, 0.15) is 24.3 Å². The maximum atomic E-state index is 13.6. The largest absolute Gasteiger partial charge is 0.360 e. The van der Waals surface area contributed by atoms with Crippen LogP contribution in [0.4, 0.5) is 4.39 Å². The summed E-state index contributed by atoms with van der Waals surface area (Å²) in [7, 11) is 0. The van der Waals surface area contributed by atoms with Crippen LogP contribution in [0.5, 0.6) is 0 Å². The lowest BCUT2D eigenvalue weighted by Gasteiger charge is -2.24. The van der Waals surface area contributed by atoms with Crippen LogP contribution in [-0.4, -0.2) is 18.1 Å². The monoisotopic (exact) mass is 326 g/mol. The van der Waals surface area contributed by atoms with Crippen LogP contribution in [0.3, 0.4) is 0 Å². The number of nitrogens with one attached hydrogen (secondary N) is 2. The Balaban J connectivity index is 1.69. The third kappa shape index (κ3) is 3.01. The summed E-state index contributed by atoms with van der Waals surface area (Å²) in [6.45, 7) is 2.17. The van der Waals surface area contributed by atoms with Crippen LogP contribution in [0.15, 0.2) is 58.5 Å². The fourth-order valence-corrected chi connectivity index (χ4v) is 4.45.